The average Bonchev–Trinajstić information content (AvgIpc) is 2.64. The highest BCUT2D eigenvalue weighted by Crippen LogP contribution is 2.29. The second-order valence-corrected chi connectivity index (χ2v) is 6.41. The summed E-state index contributed by atoms with van der Waals surface area (Å²) >= 11 is 0. The second-order valence-electron chi connectivity index (χ2n) is 6.41. The topological polar surface area (TPSA) is 52.3 Å². The summed E-state index contributed by atoms with van der Waals surface area (Å²) in [4.78, 5) is 12.3. The molecule has 0 amide bonds. The summed E-state index contributed by atoms with van der Waals surface area (Å²) in [5.74, 6) is 4.41. The standard InChI is InChI=1S/C21H20F3NO2/c1-15(8-9-16-10-12-18(13-11-16)21(22,23)24)20(2,25)19(26)27-14-17-6-4-3-5-7-17/h3-7,10-13,15H,14,25H2,1-2H3/t15-,20+/m1/s1. The van der Waals surface area contributed by atoms with E-state index in [-0.39, 0.29) is 6.61 Å². The Bertz CT molecular complexity index is 832. The molecule has 2 rings (SSSR count). The molecule has 2 aromatic carbocycles. The number of esters is 1. The van der Waals surface area contributed by atoms with E-state index in [1.54, 1.807) is 6.92 Å². The van der Waals surface area contributed by atoms with Crippen LogP contribution in [0.25, 0.3) is 0 Å². The predicted molar refractivity (Wildman–Crippen MR) is 96.3 cm³/mol. The van der Waals surface area contributed by atoms with E-state index in [0.29, 0.717) is 5.56 Å². The smallest absolute Gasteiger partial charge is 0.416 e. The number of rotatable bonds is 4. The van der Waals surface area contributed by atoms with E-state index in [1.165, 1.54) is 19.1 Å². The first-order valence-corrected chi connectivity index (χ1v) is 8.29. The van der Waals surface area contributed by atoms with Gasteiger partial charge in [-0.25, -0.2) is 0 Å². The fraction of sp³-hybridized carbons (Fsp3) is 0.286. The minimum absolute atomic E-state index is 0.103. The number of halogens is 3. The third-order valence-electron chi connectivity index (χ3n) is 4.20. The molecular formula is C21H20F3NO2. The van der Waals surface area contributed by atoms with Gasteiger partial charge in [0.05, 0.1) is 5.56 Å². The molecule has 0 bridgehead atoms. The van der Waals surface area contributed by atoms with Crippen LogP contribution in [-0.4, -0.2) is 11.5 Å². The highest BCUT2D eigenvalue weighted by atomic mass is 19.4. The number of hydrogen-bond acceptors (Lipinski definition) is 3. The third kappa shape index (κ3) is 5.60. The second kappa shape index (κ2) is 8.28. The number of benzene rings is 2. The molecule has 0 fully saturated rings. The number of alkyl halides is 3. The fourth-order valence-electron chi connectivity index (χ4n) is 2.14. The Morgan fingerprint density at radius 2 is 1.70 bits per heavy atom. The van der Waals surface area contributed by atoms with E-state index in [0.717, 1.165) is 17.7 Å². The number of carbonyl (C=O) groups is 1. The number of nitrogens with two attached hydrogens (primary N) is 1. The summed E-state index contributed by atoms with van der Waals surface area (Å²) in [5, 5.41) is 0. The fourth-order valence-corrected chi connectivity index (χ4v) is 2.14. The van der Waals surface area contributed by atoms with Crippen molar-refractivity contribution in [3.05, 3.63) is 71.3 Å². The summed E-state index contributed by atoms with van der Waals surface area (Å²) in [7, 11) is 0. The average molecular weight is 375 g/mol. The van der Waals surface area contributed by atoms with Gasteiger partial charge in [-0.3, -0.25) is 4.79 Å². The van der Waals surface area contributed by atoms with Gasteiger partial charge in [-0.15, -0.1) is 0 Å². The Labute approximate surface area is 156 Å². The molecule has 0 saturated carbocycles. The lowest BCUT2D eigenvalue weighted by Gasteiger charge is -2.25. The maximum absolute atomic E-state index is 12.6. The van der Waals surface area contributed by atoms with Gasteiger partial charge in [-0.1, -0.05) is 42.2 Å². The van der Waals surface area contributed by atoms with Crippen molar-refractivity contribution in [2.24, 2.45) is 11.7 Å². The molecule has 2 aromatic rings. The monoisotopic (exact) mass is 375 g/mol. The first-order chi connectivity index (χ1) is 12.6. The van der Waals surface area contributed by atoms with Gasteiger partial charge in [0.1, 0.15) is 12.1 Å². The van der Waals surface area contributed by atoms with Crippen LogP contribution in [0.15, 0.2) is 54.6 Å². The van der Waals surface area contributed by atoms with E-state index in [4.69, 9.17) is 10.5 Å². The lowest BCUT2D eigenvalue weighted by atomic mass is 9.88. The van der Waals surface area contributed by atoms with Crippen LogP contribution >= 0.6 is 0 Å². The van der Waals surface area contributed by atoms with Crippen molar-refractivity contribution in [3.63, 3.8) is 0 Å². The van der Waals surface area contributed by atoms with Crippen LogP contribution in [0.5, 0.6) is 0 Å². The van der Waals surface area contributed by atoms with Gasteiger partial charge in [0.25, 0.3) is 0 Å². The van der Waals surface area contributed by atoms with Crippen molar-refractivity contribution in [3.8, 4) is 11.8 Å². The molecule has 6 heteroatoms. The minimum Gasteiger partial charge on any atom is -0.459 e. The Morgan fingerprint density at radius 1 is 1.11 bits per heavy atom. The molecule has 2 atom stereocenters. The molecule has 0 aromatic heterocycles. The van der Waals surface area contributed by atoms with Crippen LogP contribution in [0.4, 0.5) is 13.2 Å². The van der Waals surface area contributed by atoms with Gasteiger partial charge < -0.3 is 10.5 Å². The maximum Gasteiger partial charge on any atom is 0.416 e. The van der Waals surface area contributed by atoms with Crippen LogP contribution in [-0.2, 0) is 22.3 Å². The van der Waals surface area contributed by atoms with Crippen LogP contribution < -0.4 is 5.73 Å². The number of carbonyl (C=O) groups excluding carboxylic acids is 1. The zero-order chi connectivity index (χ0) is 20.1. The molecular weight excluding hydrogens is 355 g/mol. The summed E-state index contributed by atoms with van der Waals surface area (Å²) in [6.45, 7) is 3.29. The first-order valence-electron chi connectivity index (χ1n) is 8.29. The van der Waals surface area contributed by atoms with Crippen molar-refractivity contribution in [2.45, 2.75) is 32.2 Å². The van der Waals surface area contributed by atoms with Crippen molar-refractivity contribution >= 4 is 5.97 Å². The van der Waals surface area contributed by atoms with E-state index >= 15 is 0 Å². The lowest BCUT2D eigenvalue weighted by Crippen LogP contribution is -2.51. The van der Waals surface area contributed by atoms with Gasteiger partial charge in [0, 0.05) is 11.5 Å². The van der Waals surface area contributed by atoms with Gasteiger partial charge in [0.15, 0.2) is 0 Å². The van der Waals surface area contributed by atoms with Crippen LogP contribution in [0.1, 0.15) is 30.5 Å². The van der Waals surface area contributed by atoms with Gasteiger partial charge in [-0.05, 0) is 43.7 Å². The van der Waals surface area contributed by atoms with Crippen LogP contribution in [0.3, 0.4) is 0 Å². The zero-order valence-corrected chi connectivity index (χ0v) is 15.0. The first kappa shape index (κ1) is 20.5. The number of ether oxygens (including phenoxy) is 1. The summed E-state index contributed by atoms with van der Waals surface area (Å²) in [6, 6.07) is 13.7. The molecule has 0 spiro atoms. The Kier molecular flexibility index (Phi) is 6.29. The lowest BCUT2D eigenvalue weighted by molar-refractivity contribution is -0.152. The molecule has 2 N–H and O–H groups in total. The molecule has 0 unspecified atom stereocenters. The van der Waals surface area contributed by atoms with E-state index in [1.807, 2.05) is 30.3 Å². The zero-order valence-electron chi connectivity index (χ0n) is 15.0. The molecule has 142 valence electrons. The van der Waals surface area contributed by atoms with Gasteiger partial charge in [0.2, 0.25) is 0 Å². The molecule has 0 heterocycles. The molecule has 27 heavy (non-hydrogen) atoms. The Balaban J connectivity index is 2.02. The Morgan fingerprint density at radius 3 is 2.26 bits per heavy atom. The SMILES string of the molecule is C[C@H](C#Cc1ccc(C(F)(F)F)cc1)[C@](C)(N)C(=O)OCc1ccccc1. The van der Waals surface area contributed by atoms with Gasteiger partial charge >= 0.3 is 12.1 Å². The molecule has 0 aliphatic carbocycles. The minimum atomic E-state index is -4.39. The summed E-state index contributed by atoms with van der Waals surface area (Å²) in [6.07, 6.45) is -4.39. The van der Waals surface area contributed by atoms with Crippen molar-refractivity contribution in [2.75, 3.05) is 0 Å². The largest absolute Gasteiger partial charge is 0.459 e. The molecule has 0 aliphatic heterocycles. The van der Waals surface area contributed by atoms with Crippen LogP contribution in [0.2, 0.25) is 0 Å². The maximum atomic E-state index is 12.6. The molecule has 0 radical (unpaired) electrons. The van der Waals surface area contributed by atoms with E-state index in [9.17, 15) is 18.0 Å². The number of hydrogen-bond donors (Lipinski definition) is 1. The molecule has 0 aliphatic rings. The van der Waals surface area contributed by atoms with Crippen molar-refractivity contribution in [1.82, 2.24) is 0 Å². The molecule has 0 saturated heterocycles. The normalized spacial score (nSPS) is 14.4. The summed E-state index contributed by atoms with van der Waals surface area (Å²) in [5.41, 5.74) is 5.24. The van der Waals surface area contributed by atoms with E-state index < -0.39 is 29.2 Å². The predicted octanol–water partition coefficient (Wildman–Crippen LogP) is 4.15. The Hall–Kier alpha value is -2.78. The van der Waals surface area contributed by atoms with Crippen LogP contribution in [0, 0.1) is 17.8 Å². The quantitative estimate of drug-likeness (QED) is 0.645. The highest BCUT2D eigenvalue weighted by molar-refractivity contribution is 5.81. The van der Waals surface area contributed by atoms with Crippen molar-refractivity contribution in [1.29, 1.82) is 0 Å². The van der Waals surface area contributed by atoms with E-state index in [2.05, 4.69) is 11.8 Å². The van der Waals surface area contributed by atoms with Crippen molar-refractivity contribution < 1.29 is 22.7 Å². The third-order valence-corrected chi connectivity index (χ3v) is 4.20. The summed E-state index contributed by atoms with van der Waals surface area (Å²) < 4.78 is 43.0. The highest BCUT2D eigenvalue weighted by Gasteiger charge is 2.35. The van der Waals surface area contributed by atoms with Gasteiger partial charge in [-0.2, -0.15) is 13.2 Å². The molecule has 3 nitrogen and oxygen atoms in total.